The summed E-state index contributed by atoms with van der Waals surface area (Å²) < 4.78 is 0. The Bertz CT molecular complexity index is 1130. The van der Waals surface area contributed by atoms with Crippen molar-refractivity contribution in [1.29, 1.82) is 0 Å². The van der Waals surface area contributed by atoms with Crippen LogP contribution in [0.25, 0.3) is 10.9 Å². The number of carbonyl (C=O) groups is 2. The van der Waals surface area contributed by atoms with Gasteiger partial charge >= 0.3 is 0 Å². The Morgan fingerprint density at radius 3 is 2.69 bits per heavy atom. The highest BCUT2D eigenvalue weighted by Crippen LogP contribution is 2.18. The monoisotopic (exact) mass is 392 g/mol. The molecular formula is C21H20N4O4. The van der Waals surface area contributed by atoms with Gasteiger partial charge in [-0.25, -0.2) is 4.98 Å². The number of hydrogen-bond acceptors (Lipinski definition) is 5. The first-order valence-corrected chi connectivity index (χ1v) is 9.37. The minimum Gasteiger partial charge on any atom is -0.393 e. The molecule has 1 fully saturated rings. The lowest BCUT2D eigenvalue weighted by molar-refractivity contribution is 0.0546. The van der Waals surface area contributed by atoms with E-state index in [4.69, 9.17) is 0 Å². The third-order valence-corrected chi connectivity index (χ3v) is 5.02. The molecule has 2 aromatic carbocycles. The number of piperidine rings is 1. The van der Waals surface area contributed by atoms with Gasteiger partial charge < -0.3 is 20.3 Å². The largest absolute Gasteiger partial charge is 0.393 e. The molecule has 1 aliphatic rings. The number of aliphatic hydroxyl groups is 1. The molecule has 0 radical (unpaired) electrons. The predicted octanol–water partition coefficient (Wildman–Crippen LogP) is 1.77. The van der Waals surface area contributed by atoms with Gasteiger partial charge in [0.05, 0.1) is 23.3 Å². The average molecular weight is 392 g/mol. The summed E-state index contributed by atoms with van der Waals surface area (Å²) in [5, 5.41) is 12.8. The van der Waals surface area contributed by atoms with Crippen molar-refractivity contribution in [3.63, 3.8) is 0 Å². The quantitative estimate of drug-likeness (QED) is 0.628. The van der Waals surface area contributed by atoms with Gasteiger partial charge in [-0.15, -0.1) is 0 Å². The number of aromatic amines is 1. The topological polar surface area (TPSA) is 115 Å². The molecule has 0 saturated carbocycles. The molecule has 0 unspecified atom stereocenters. The first-order chi connectivity index (χ1) is 14.0. The highest BCUT2D eigenvalue weighted by Gasteiger charge is 2.22. The number of nitrogens with zero attached hydrogens (tertiary/aromatic N) is 2. The number of anilines is 1. The Kier molecular flexibility index (Phi) is 5.09. The molecule has 2 amide bonds. The Morgan fingerprint density at radius 1 is 1.10 bits per heavy atom. The fourth-order valence-electron chi connectivity index (χ4n) is 3.39. The number of carbonyl (C=O) groups excluding carboxylic acids is 2. The zero-order valence-corrected chi connectivity index (χ0v) is 15.6. The van der Waals surface area contributed by atoms with E-state index in [-0.39, 0.29) is 23.5 Å². The van der Waals surface area contributed by atoms with E-state index in [1.807, 2.05) is 0 Å². The van der Waals surface area contributed by atoms with Crippen molar-refractivity contribution >= 4 is 28.4 Å². The summed E-state index contributed by atoms with van der Waals surface area (Å²) in [4.78, 5) is 45.3. The SMILES string of the molecule is O=C(Nc1cccc(C(=O)N2CCC(O)CC2)c1)c1ccc2c(=O)[nH]cnc2c1. The second-order valence-electron chi connectivity index (χ2n) is 7.02. The van der Waals surface area contributed by atoms with Gasteiger partial charge in [0.15, 0.2) is 0 Å². The molecule has 0 aliphatic carbocycles. The van der Waals surface area contributed by atoms with Crippen LogP contribution in [0.3, 0.4) is 0 Å². The Balaban J connectivity index is 1.51. The van der Waals surface area contributed by atoms with Gasteiger partial charge in [0.25, 0.3) is 17.4 Å². The van der Waals surface area contributed by atoms with Crippen LogP contribution in [-0.2, 0) is 0 Å². The predicted molar refractivity (Wildman–Crippen MR) is 108 cm³/mol. The summed E-state index contributed by atoms with van der Waals surface area (Å²) in [7, 11) is 0. The van der Waals surface area contributed by atoms with E-state index in [1.54, 1.807) is 47.4 Å². The van der Waals surface area contributed by atoms with Crippen LogP contribution < -0.4 is 10.9 Å². The van der Waals surface area contributed by atoms with Crippen LogP contribution in [0.1, 0.15) is 33.6 Å². The first-order valence-electron chi connectivity index (χ1n) is 9.37. The molecule has 3 aromatic rings. The second-order valence-corrected chi connectivity index (χ2v) is 7.02. The summed E-state index contributed by atoms with van der Waals surface area (Å²) in [6, 6.07) is 11.4. The van der Waals surface area contributed by atoms with Crippen LogP contribution in [0, 0.1) is 0 Å². The van der Waals surface area contributed by atoms with Crippen LogP contribution >= 0.6 is 0 Å². The van der Waals surface area contributed by atoms with Gasteiger partial charge in [0.1, 0.15) is 0 Å². The van der Waals surface area contributed by atoms with E-state index in [2.05, 4.69) is 15.3 Å². The number of nitrogens with one attached hydrogen (secondary N) is 2. The van der Waals surface area contributed by atoms with Crippen LogP contribution in [0.5, 0.6) is 0 Å². The molecule has 0 atom stereocenters. The molecule has 4 rings (SSSR count). The standard InChI is InChI=1S/C21H20N4O4/c26-16-6-8-25(9-7-16)21(29)14-2-1-3-15(10-14)24-19(27)13-4-5-17-18(11-13)22-12-23-20(17)28/h1-5,10-12,16,26H,6-9H2,(H,24,27)(H,22,23,28). The number of likely N-dealkylation sites (tertiary alicyclic amines) is 1. The van der Waals surface area contributed by atoms with Crippen molar-refractivity contribution in [3.05, 3.63) is 70.3 Å². The van der Waals surface area contributed by atoms with Gasteiger partial charge in [-0.3, -0.25) is 14.4 Å². The molecule has 0 bridgehead atoms. The number of hydrogen-bond donors (Lipinski definition) is 3. The van der Waals surface area contributed by atoms with Crippen molar-refractivity contribution in [1.82, 2.24) is 14.9 Å². The normalized spacial score (nSPS) is 14.7. The first kappa shape index (κ1) is 18.8. The number of benzene rings is 2. The van der Waals surface area contributed by atoms with E-state index in [1.165, 1.54) is 6.33 Å². The Hall–Kier alpha value is -3.52. The summed E-state index contributed by atoms with van der Waals surface area (Å²) >= 11 is 0. The molecular weight excluding hydrogens is 372 g/mol. The molecule has 0 spiro atoms. The molecule has 1 saturated heterocycles. The number of amides is 2. The highest BCUT2D eigenvalue weighted by molar-refractivity contribution is 6.06. The van der Waals surface area contributed by atoms with Crippen LogP contribution in [0.2, 0.25) is 0 Å². The molecule has 1 aromatic heterocycles. The lowest BCUT2D eigenvalue weighted by Crippen LogP contribution is -2.40. The maximum Gasteiger partial charge on any atom is 0.258 e. The molecule has 3 N–H and O–H groups in total. The minimum absolute atomic E-state index is 0.123. The molecule has 1 aliphatic heterocycles. The summed E-state index contributed by atoms with van der Waals surface area (Å²) in [5.41, 5.74) is 1.50. The zero-order chi connectivity index (χ0) is 20.4. The Labute approximate surface area is 166 Å². The fraction of sp³-hybridized carbons (Fsp3) is 0.238. The van der Waals surface area contributed by atoms with E-state index in [0.29, 0.717) is 53.6 Å². The van der Waals surface area contributed by atoms with Gasteiger partial charge in [0, 0.05) is 29.9 Å². The third-order valence-electron chi connectivity index (χ3n) is 5.02. The third kappa shape index (κ3) is 4.02. The lowest BCUT2D eigenvalue weighted by Gasteiger charge is -2.29. The molecule has 29 heavy (non-hydrogen) atoms. The van der Waals surface area contributed by atoms with E-state index >= 15 is 0 Å². The van der Waals surface area contributed by atoms with Crippen molar-refractivity contribution in [3.8, 4) is 0 Å². The minimum atomic E-state index is -0.361. The molecule has 2 heterocycles. The lowest BCUT2D eigenvalue weighted by atomic mass is 10.1. The molecule has 8 nitrogen and oxygen atoms in total. The smallest absolute Gasteiger partial charge is 0.258 e. The number of aliphatic hydroxyl groups excluding tert-OH is 1. The fourth-order valence-corrected chi connectivity index (χ4v) is 3.39. The average Bonchev–Trinajstić information content (AvgIpc) is 2.74. The van der Waals surface area contributed by atoms with Crippen LogP contribution in [0.15, 0.2) is 53.6 Å². The molecule has 8 heteroatoms. The summed E-state index contributed by atoms with van der Waals surface area (Å²) in [5.74, 6) is -0.484. The zero-order valence-electron chi connectivity index (χ0n) is 15.6. The van der Waals surface area contributed by atoms with E-state index < -0.39 is 0 Å². The van der Waals surface area contributed by atoms with Crippen LogP contribution in [0.4, 0.5) is 5.69 Å². The van der Waals surface area contributed by atoms with E-state index in [0.717, 1.165) is 0 Å². The molecule has 148 valence electrons. The summed E-state index contributed by atoms with van der Waals surface area (Å²) in [6.45, 7) is 1.03. The van der Waals surface area contributed by atoms with Crippen molar-refractivity contribution in [2.24, 2.45) is 0 Å². The van der Waals surface area contributed by atoms with Gasteiger partial charge in [-0.1, -0.05) is 6.07 Å². The van der Waals surface area contributed by atoms with Crippen LogP contribution in [-0.4, -0.2) is 51.0 Å². The van der Waals surface area contributed by atoms with Crippen molar-refractivity contribution in [2.45, 2.75) is 18.9 Å². The van der Waals surface area contributed by atoms with Gasteiger partial charge in [0.2, 0.25) is 0 Å². The van der Waals surface area contributed by atoms with Gasteiger partial charge in [-0.2, -0.15) is 0 Å². The maximum absolute atomic E-state index is 12.7. The Morgan fingerprint density at radius 2 is 1.90 bits per heavy atom. The maximum atomic E-state index is 12.7. The van der Waals surface area contributed by atoms with E-state index in [9.17, 15) is 19.5 Å². The number of rotatable bonds is 3. The van der Waals surface area contributed by atoms with Crippen molar-refractivity contribution < 1.29 is 14.7 Å². The second kappa shape index (κ2) is 7.84. The number of fused-ring (bicyclic) bond motifs is 1. The van der Waals surface area contributed by atoms with Crippen molar-refractivity contribution in [2.75, 3.05) is 18.4 Å². The number of aromatic nitrogens is 2. The number of H-pyrrole nitrogens is 1. The summed E-state index contributed by atoms with van der Waals surface area (Å²) in [6.07, 6.45) is 2.08. The van der Waals surface area contributed by atoms with Gasteiger partial charge in [-0.05, 0) is 49.2 Å². The highest BCUT2D eigenvalue weighted by atomic mass is 16.3.